The van der Waals surface area contributed by atoms with Crippen molar-refractivity contribution in [2.24, 2.45) is 0 Å². The zero-order valence-electron chi connectivity index (χ0n) is 24.4. The predicted molar refractivity (Wildman–Crippen MR) is 170 cm³/mol. The first-order chi connectivity index (χ1) is 21.3. The standard InChI is InChI=1S/C32H31ClFN7O2S/c1-39(2)22-10-11-40(14-22)28(42)16-41-15-24-26(38-41)8-7-23-29-31(35-18-36-32(29)44-30(23)24)37-21-6-9-27(25(33)13-21)43-17-19-4-3-5-20(34)12-19/h3-6,9,12-13,15,18,22H,7-8,10-11,14,16-17H2,1-2H3,(H,35,36,37). The molecule has 0 radical (unpaired) electrons. The molecule has 3 aromatic heterocycles. The van der Waals surface area contributed by atoms with E-state index < -0.39 is 0 Å². The first-order valence-corrected chi connectivity index (χ1v) is 15.7. The van der Waals surface area contributed by atoms with Gasteiger partial charge in [0.2, 0.25) is 5.91 Å². The summed E-state index contributed by atoms with van der Waals surface area (Å²) in [4.78, 5) is 28.4. The largest absolute Gasteiger partial charge is 0.487 e. The molecule has 5 aromatic rings. The summed E-state index contributed by atoms with van der Waals surface area (Å²) < 4.78 is 21.1. The maximum Gasteiger partial charge on any atom is 0.244 e. The molecular weight excluding hydrogens is 601 g/mol. The number of benzene rings is 2. The van der Waals surface area contributed by atoms with E-state index >= 15 is 0 Å². The highest BCUT2D eigenvalue weighted by molar-refractivity contribution is 7.22. The number of aromatic nitrogens is 4. The van der Waals surface area contributed by atoms with Crippen LogP contribution in [-0.4, -0.2) is 68.7 Å². The third-order valence-electron chi connectivity index (χ3n) is 8.30. The van der Waals surface area contributed by atoms with Crippen molar-refractivity contribution in [1.29, 1.82) is 0 Å². The Hall–Kier alpha value is -4.06. The Labute approximate surface area is 263 Å². The second-order valence-electron chi connectivity index (χ2n) is 11.4. The van der Waals surface area contributed by atoms with Crippen molar-refractivity contribution < 1.29 is 13.9 Å². The molecule has 12 heteroatoms. The molecule has 1 N–H and O–H groups in total. The maximum atomic E-state index is 13.5. The lowest BCUT2D eigenvalue weighted by Crippen LogP contribution is -2.36. The van der Waals surface area contributed by atoms with Crippen LogP contribution in [0.3, 0.4) is 0 Å². The zero-order valence-corrected chi connectivity index (χ0v) is 26.0. The summed E-state index contributed by atoms with van der Waals surface area (Å²) in [6.45, 7) is 1.99. The van der Waals surface area contributed by atoms with Gasteiger partial charge in [-0.05, 0) is 74.8 Å². The number of aryl methyl sites for hydroxylation is 2. The van der Waals surface area contributed by atoms with Crippen molar-refractivity contribution in [3.63, 3.8) is 0 Å². The normalized spacial score (nSPS) is 15.9. The lowest BCUT2D eigenvalue weighted by atomic mass is 9.95. The Bertz CT molecular complexity index is 1870. The van der Waals surface area contributed by atoms with E-state index in [1.807, 2.05) is 17.2 Å². The minimum Gasteiger partial charge on any atom is -0.487 e. The van der Waals surface area contributed by atoms with Crippen LogP contribution < -0.4 is 10.1 Å². The maximum absolute atomic E-state index is 13.5. The first-order valence-electron chi connectivity index (χ1n) is 14.5. The van der Waals surface area contributed by atoms with Gasteiger partial charge in [0, 0.05) is 41.5 Å². The summed E-state index contributed by atoms with van der Waals surface area (Å²) in [6, 6.07) is 12.1. The number of rotatable bonds is 8. The number of carbonyl (C=O) groups is 1. The summed E-state index contributed by atoms with van der Waals surface area (Å²) in [5.41, 5.74) is 4.73. The summed E-state index contributed by atoms with van der Waals surface area (Å²) in [5.74, 6) is 1.01. The molecule has 0 saturated carbocycles. The fourth-order valence-electron chi connectivity index (χ4n) is 5.95. The molecule has 226 valence electrons. The van der Waals surface area contributed by atoms with E-state index in [2.05, 4.69) is 34.3 Å². The predicted octanol–water partition coefficient (Wildman–Crippen LogP) is 5.93. The third kappa shape index (κ3) is 5.62. The molecule has 44 heavy (non-hydrogen) atoms. The first kappa shape index (κ1) is 28.7. The van der Waals surface area contributed by atoms with Gasteiger partial charge in [-0.3, -0.25) is 9.48 Å². The Balaban J connectivity index is 1.09. The van der Waals surface area contributed by atoms with Gasteiger partial charge in [0.25, 0.3) is 0 Å². The summed E-state index contributed by atoms with van der Waals surface area (Å²) >= 11 is 8.18. The van der Waals surface area contributed by atoms with Crippen LogP contribution in [0.5, 0.6) is 5.75 Å². The second-order valence-corrected chi connectivity index (χ2v) is 12.8. The van der Waals surface area contributed by atoms with Crippen LogP contribution >= 0.6 is 22.9 Å². The lowest BCUT2D eigenvalue weighted by molar-refractivity contribution is -0.131. The van der Waals surface area contributed by atoms with Crippen molar-refractivity contribution in [3.05, 3.63) is 82.6 Å². The number of hydrogen-bond acceptors (Lipinski definition) is 8. The van der Waals surface area contributed by atoms with Gasteiger partial charge >= 0.3 is 0 Å². The van der Waals surface area contributed by atoms with Gasteiger partial charge in [0.1, 0.15) is 41.7 Å². The number of fused-ring (bicyclic) bond motifs is 5. The quantitative estimate of drug-likeness (QED) is 0.227. The monoisotopic (exact) mass is 631 g/mol. The number of amides is 1. The van der Waals surface area contributed by atoms with E-state index in [0.717, 1.165) is 70.0 Å². The lowest BCUT2D eigenvalue weighted by Gasteiger charge is -2.20. The number of nitrogens with one attached hydrogen (secondary N) is 1. The van der Waals surface area contributed by atoms with Gasteiger partial charge < -0.3 is 19.9 Å². The molecule has 1 unspecified atom stereocenters. The highest BCUT2D eigenvalue weighted by Crippen LogP contribution is 2.45. The third-order valence-corrected chi connectivity index (χ3v) is 9.77. The molecule has 2 aliphatic rings. The molecule has 0 bridgehead atoms. The van der Waals surface area contributed by atoms with Crippen molar-refractivity contribution >= 4 is 50.6 Å². The van der Waals surface area contributed by atoms with Crippen LogP contribution in [0.4, 0.5) is 15.9 Å². The Kier molecular flexibility index (Phi) is 7.69. The number of hydrogen-bond donors (Lipinski definition) is 1. The molecule has 1 aliphatic carbocycles. The Morgan fingerprint density at radius 1 is 1.20 bits per heavy atom. The molecule has 1 saturated heterocycles. The number of carbonyl (C=O) groups excluding carboxylic acids is 1. The van der Waals surface area contributed by atoms with E-state index in [-0.39, 0.29) is 24.9 Å². The number of nitrogens with zero attached hydrogens (tertiary/aromatic N) is 6. The van der Waals surface area contributed by atoms with Crippen LogP contribution in [0.25, 0.3) is 20.7 Å². The number of ether oxygens (including phenoxy) is 1. The van der Waals surface area contributed by atoms with Crippen LogP contribution in [0.15, 0.2) is 55.0 Å². The van der Waals surface area contributed by atoms with E-state index in [9.17, 15) is 9.18 Å². The SMILES string of the molecule is CN(C)C1CCN(C(=O)Cn2cc3c(n2)CCc2c-3sc3ncnc(Nc4ccc(OCc5cccc(F)c5)c(Cl)c4)c23)C1. The van der Waals surface area contributed by atoms with Crippen LogP contribution in [0.2, 0.25) is 5.02 Å². The minimum absolute atomic E-state index is 0.104. The van der Waals surface area contributed by atoms with E-state index in [1.165, 1.54) is 17.7 Å². The van der Waals surface area contributed by atoms with E-state index in [1.54, 1.807) is 46.6 Å². The summed E-state index contributed by atoms with van der Waals surface area (Å²) in [7, 11) is 4.12. The van der Waals surface area contributed by atoms with Crippen molar-refractivity contribution in [3.8, 4) is 16.2 Å². The van der Waals surface area contributed by atoms with Crippen molar-refractivity contribution in [2.75, 3.05) is 32.5 Å². The Morgan fingerprint density at radius 3 is 2.89 bits per heavy atom. The minimum atomic E-state index is -0.306. The zero-order chi connectivity index (χ0) is 30.4. The van der Waals surface area contributed by atoms with Crippen molar-refractivity contribution in [2.45, 2.75) is 38.5 Å². The molecule has 1 atom stereocenters. The fourth-order valence-corrected chi connectivity index (χ4v) is 7.41. The molecular formula is C32H31ClFN7O2S. The van der Waals surface area contributed by atoms with Gasteiger partial charge in [0.15, 0.2) is 0 Å². The topological polar surface area (TPSA) is 88.4 Å². The number of thiophene rings is 1. The molecule has 9 nitrogen and oxygen atoms in total. The molecule has 7 rings (SSSR count). The van der Waals surface area contributed by atoms with E-state index in [4.69, 9.17) is 21.4 Å². The molecule has 1 amide bonds. The summed E-state index contributed by atoms with van der Waals surface area (Å²) in [6.07, 6.45) is 6.14. The molecule has 4 heterocycles. The number of likely N-dealkylation sites (N-methyl/N-ethyl adjacent to an activating group) is 1. The van der Waals surface area contributed by atoms with Gasteiger partial charge in [-0.2, -0.15) is 5.10 Å². The highest BCUT2D eigenvalue weighted by atomic mass is 35.5. The van der Waals surface area contributed by atoms with Gasteiger partial charge in [-0.25, -0.2) is 14.4 Å². The molecule has 2 aromatic carbocycles. The van der Waals surface area contributed by atoms with Crippen LogP contribution in [0, 0.1) is 5.82 Å². The average Bonchev–Trinajstić information content (AvgIpc) is 3.74. The van der Waals surface area contributed by atoms with Crippen LogP contribution in [0.1, 0.15) is 23.2 Å². The average molecular weight is 632 g/mol. The Morgan fingerprint density at radius 2 is 2.09 bits per heavy atom. The van der Waals surface area contributed by atoms with Gasteiger partial charge in [-0.1, -0.05) is 23.7 Å². The van der Waals surface area contributed by atoms with E-state index in [0.29, 0.717) is 22.6 Å². The molecule has 0 spiro atoms. The van der Waals surface area contributed by atoms with Crippen LogP contribution in [-0.2, 0) is 30.8 Å². The van der Waals surface area contributed by atoms with Gasteiger partial charge in [-0.15, -0.1) is 11.3 Å². The van der Waals surface area contributed by atoms with Crippen molar-refractivity contribution in [1.82, 2.24) is 29.5 Å². The smallest absolute Gasteiger partial charge is 0.244 e. The molecule has 1 aliphatic heterocycles. The highest BCUT2D eigenvalue weighted by Gasteiger charge is 2.30. The molecule has 1 fully saturated rings. The summed E-state index contributed by atoms with van der Waals surface area (Å²) in [5, 5.41) is 9.64. The number of halogens is 2. The number of anilines is 2. The number of likely N-dealkylation sites (tertiary alicyclic amines) is 1. The van der Waals surface area contributed by atoms with Gasteiger partial charge in [0.05, 0.1) is 16.1 Å². The fraction of sp³-hybridized carbons (Fsp3) is 0.312. The second kappa shape index (κ2) is 11.8.